The summed E-state index contributed by atoms with van der Waals surface area (Å²) in [5.41, 5.74) is 1.09. The number of amides is 1. The predicted molar refractivity (Wildman–Crippen MR) is 104 cm³/mol. The van der Waals surface area contributed by atoms with Gasteiger partial charge in [-0.2, -0.15) is 0 Å². The smallest absolute Gasteiger partial charge is 0.252 e. The summed E-state index contributed by atoms with van der Waals surface area (Å²) in [6.45, 7) is 0.271. The van der Waals surface area contributed by atoms with E-state index in [0.717, 1.165) is 35.7 Å². The van der Waals surface area contributed by atoms with E-state index in [0.29, 0.717) is 6.42 Å². The minimum atomic E-state index is 0.00124. The van der Waals surface area contributed by atoms with Gasteiger partial charge in [-0.3, -0.25) is 9.69 Å². The summed E-state index contributed by atoms with van der Waals surface area (Å²) >= 11 is 0. The maximum atomic E-state index is 13.0. The Hall–Kier alpha value is -2.82. The molecule has 0 unspecified atom stereocenters. The van der Waals surface area contributed by atoms with Crippen LogP contribution in [0, 0.1) is 0 Å². The third kappa shape index (κ3) is 4.13. The normalized spacial score (nSPS) is 16.6. The number of benzene rings is 1. The van der Waals surface area contributed by atoms with Gasteiger partial charge in [0.05, 0.1) is 0 Å². The second kappa shape index (κ2) is 8.25. The number of rotatable bonds is 5. The fourth-order valence-electron chi connectivity index (χ4n) is 3.76. The second-order valence-electron chi connectivity index (χ2n) is 6.98. The molecule has 1 amide bonds. The van der Waals surface area contributed by atoms with Crippen LogP contribution in [0.4, 0.5) is 5.82 Å². The molecule has 1 aliphatic heterocycles. The first kappa shape index (κ1) is 17.6. The first-order chi connectivity index (χ1) is 13.3. The standard InChI is InChI=1S/C22H24N2O3/c25-22(11-6-7-17-12-13-19-20(15-17)27-16-26-19)24(18-8-2-1-3-9-18)21-10-4-5-14-23-21/h4-6,10-15,18H,1-3,7-9,16H2. The predicted octanol–water partition coefficient (Wildman–Crippen LogP) is 4.27. The van der Waals surface area contributed by atoms with Gasteiger partial charge < -0.3 is 9.47 Å². The molecule has 0 spiro atoms. The van der Waals surface area contributed by atoms with Crippen molar-refractivity contribution in [2.24, 2.45) is 0 Å². The van der Waals surface area contributed by atoms with E-state index in [1.165, 1.54) is 19.3 Å². The first-order valence-corrected chi connectivity index (χ1v) is 9.60. The lowest BCUT2D eigenvalue weighted by atomic mass is 9.94. The number of carbonyl (C=O) groups is 1. The first-order valence-electron chi connectivity index (χ1n) is 9.60. The largest absolute Gasteiger partial charge is 0.454 e. The molecule has 4 rings (SSSR count). The molecule has 27 heavy (non-hydrogen) atoms. The maximum Gasteiger partial charge on any atom is 0.252 e. The Labute approximate surface area is 159 Å². The summed E-state index contributed by atoms with van der Waals surface area (Å²) in [6, 6.07) is 11.8. The quantitative estimate of drug-likeness (QED) is 0.743. The topological polar surface area (TPSA) is 51.7 Å². The summed E-state index contributed by atoms with van der Waals surface area (Å²) in [5, 5.41) is 0. The van der Waals surface area contributed by atoms with Crippen molar-refractivity contribution in [1.82, 2.24) is 4.98 Å². The van der Waals surface area contributed by atoms with Crippen molar-refractivity contribution < 1.29 is 14.3 Å². The number of anilines is 1. The van der Waals surface area contributed by atoms with E-state index in [9.17, 15) is 4.79 Å². The maximum absolute atomic E-state index is 13.0. The van der Waals surface area contributed by atoms with Gasteiger partial charge in [0.25, 0.3) is 5.91 Å². The zero-order valence-corrected chi connectivity index (χ0v) is 15.3. The van der Waals surface area contributed by atoms with Gasteiger partial charge in [0.2, 0.25) is 6.79 Å². The molecule has 140 valence electrons. The van der Waals surface area contributed by atoms with Gasteiger partial charge in [0, 0.05) is 12.2 Å². The molecule has 2 heterocycles. The van der Waals surface area contributed by atoms with Crippen LogP contribution in [0.25, 0.3) is 0 Å². The van der Waals surface area contributed by atoms with Crippen LogP contribution in [0.3, 0.4) is 0 Å². The molecule has 0 bridgehead atoms. The minimum Gasteiger partial charge on any atom is -0.454 e. The molecule has 0 N–H and O–H groups in total. The van der Waals surface area contributed by atoms with E-state index in [2.05, 4.69) is 4.98 Å². The molecular weight excluding hydrogens is 340 g/mol. The van der Waals surface area contributed by atoms with Crippen molar-refractivity contribution in [1.29, 1.82) is 0 Å². The van der Waals surface area contributed by atoms with Gasteiger partial charge in [-0.15, -0.1) is 0 Å². The summed E-state index contributed by atoms with van der Waals surface area (Å²) in [7, 11) is 0. The van der Waals surface area contributed by atoms with E-state index < -0.39 is 0 Å². The van der Waals surface area contributed by atoms with Crippen LogP contribution in [-0.4, -0.2) is 23.7 Å². The fraction of sp³-hybridized carbons (Fsp3) is 0.364. The van der Waals surface area contributed by atoms with E-state index in [-0.39, 0.29) is 18.7 Å². The van der Waals surface area contributed by atoms with Crippen molar-refractivity contribution in [3.05, 3.63) is 60.3 Å². The molecule has 2 aliphatic rings. The SMILES string of the molecule is O=C(C=CCc1ccc2c(c1)OCO2)N(c1ccccn1)C1CCCCC1. The lowest BCUT2D eigenvalue weighted by molar-refractivity contribution is -0.114. The highest BCUT2D eigenvalue weighted by Gasteiger charge is 2.26. The van der Waals surface area contributed by atoms with Gasteiger partial charge in [-0.05, 0) is 55.2 Å². The Morgan fingerprint density at radius 3 is 2.78 bits per heavy atom. The molecule has 0 radical (unpaired) electrons. The van der Waals surface area contributed by atoms with Crippen LogP contribution in [0.15, 0.2) is 54.7 Å². The zero-order valence-electron chi connectivity index (χ0n) is 15.3. The minimum absolute atomic E-state index is 0.00124. The van der Waals surface area contributed by atoms with Crippen LogP contribution in [0.2, 0.25) is 0 Å². The van der Waals surface area contributed by atoms with Gasteiger partial charge >= 0.3 is 0 Å². The number of fused-ring (bicyclic) bond motifs is 1. The lowest BCUT2D eigenvalue weighted by Crippen LogP contribution is -2.41. The number of nitrogens with zero attached hydrogens (tertiary/aromatic N) is 2. The number of ether oxygens (including phenoxy) is 2. The van der Waals surface area contributed by atoms with Gasteiger partial charge in [-0.1, -0.05) is 37.5 Å². The number of hydrogen-bond acceptors (Lipinski definition) is 4. The van der Waals surface area contributed by atoms with Crippen molar-refractivity contribution in [2.45, 2.75) is 44.6 Å². The molecule has 5 nitrogen and oxygen atoms in total. The molecule has 1 aromatic carbocycles. The Bertz CT molecular complexity index is 814. The van der Waals surface area contributed by atoms with E-state index in [1.807, 2.05) is 47.4 Å². The molecule has 1 aliphatic carbocycles. The Balaban J connectivity index is 1.47. The molecule has 0 atom stereocenters. The van der Waals surface area contributed by atoms with Crippen LogP contribution >= 0.6 is 0 Å². The van der Waals surface area contributed by atoms with E-state index in [1.54, 1.807) is 12.3 Å². The summed E-state index contributed by atoms with van der Waals surface area (Å²) in [4.78, 5) is 19.3. The highest BCUT2D eigenvalue weighted by molar-refractivity contribution is 6.01. The van der Waals surface area contributed by atoms with Gasteiger partial charge in [-0.25, -0.2) is 4.98 Å². The average molecular weight is 364 g/mol. The molecule has 1 fully saturated rings. The third-order valence-corrected chi connectivity index (χ3v) is 5.12. The van der Waals surface area contributed by atoms with Crippen LogP contribution in [-0.2, 0) is 11.2 Å². The van der Waals surface area contributed by atoms with Crippen molar-refractivity contribution in [3.63, 3.8) is 0 Å². The molecular formula is C22H24N2O3. The average Bonchev–Trinajstić information content (AvgIpc) is 3.18. The molecule has 1 aromatic heterocycles. The second-order valence-corrected chi connectivity index (χ2v) is 6.98. The van der Waals surface area contributed by atoms with Gasteiger partial charge in [0.1, 0.15) is 5.82 Å². The van der Waals surface area contributed by atoms with Crippen molar-refractivity contribution in [3.8, 4) is 11.5 Å². The zero-order chi connectivity index (χ0) is 18.5. The third-order valence-electron chi connectivity index (χ3n) is 5.12. The van der Waals surface area contributed by atoms with E-state index >= 15 is 0 Å². The summed E-state index contributed by atoms with van der Waals surface area (Å²) in [6.07, 6.45) is 11.7. The number of carbonyl (C=O) groups excluding carboxylic acids is 1. The van der Waals surface area contributed by atoms with Crippen LogP contribution in [0.1, 0.15) is 37.7 Å². The van der Waals surface area contributed by atoms with Crippen LogP contribution < -0.4 is 14.4 Å². The van der Waals surface area contributed by atoms with Crippen LogP contribution in [0.5, 0.6) is 11.5 Å². The number of pyridine rings is 1. The Morgan fingerprint density at radius 2 is 1.96 bits per heavy atom. The monoisotopic (exact) mass is 364 g/mol. The number of aromatic nitrogens is 1. The summed E-state index contributed by atoms with van der Waals surface area (Å²) in [5.74, 6) is 2.28. The highest BCUT2D eigenvalue weighted by Crippen LogP contribution is 2.32. The molecule has 5 heteroatoms. The molecule has 1 saturated carbocycles. The van der Waals surface area contributed by atoms with Gasteiger partial charge in [0.15, 0.2) is 11.5 Å². The lowest BCUT2D eigenvalue weighted by Gasteiger charge is -2.32. The summed E-state index contributed by atoms with van der Waals surface area (Å²) < 4.78 is 10.7. The van der Waals surface area contributed by atoms with Crippen molar-refractivity contribution in [2.75, 3.05) is 11.7 Å². The number of hydrogen-bond donors (Lipinski definition) is 0. The molecule has 0 saturated heterocycles. The van der Waals surface area contributed by atoms with Crippen molar-refractivity contribution >= 4 is 11.7 Å². The fourth-order valence-corrected chi connectivity index (χ4v) is 3.76. The highest BCUT2D eigenvalue weighted by atomic mass is 16.7. The van der Waals surface area contributed by atoms with E-state index in [4.69, 9.17) is 9.47 Å². The Kier molecular flexibility index (Phi) is 5.37. The number of allylic oxidation sites excluding steroid dienone is 1. The Morgan fingerprint density at radius 1 is 1.11 bits per heavy atom. The molecule has 2 aromatic rings.